The summed E-state index contributed by atoms with van der Waals surface area (Å²) in [5, 5.41) is 20.6. The largest absolute Gasteiger partial charge is 0.343 e. The van der Waals surface area contributed by atoms with Gasteiger partial charge in [-0.05, 0) is 167 Å². The zero-order valence-corrected chi connectivity index (χ0v) is 59.4. The third-order valence-corrected chi connectivity index (χ3v) is 21.2. The van der Waals surface area contributed by atoms with E-state index in [9.17, 15) is 38.4 Å². The standard InChI is InChI=1S/C71H107N11O10S2/c1-14-41(8)59-69(90)77-54(36-46-24-18-17-19-25-46)70(91)81(13)56(35-40(6)7)66(87)76-53(34-39(4)5)65(86)74-51(28-21-31-72)64(85)80-61(43(10)16-3)71(92)82-33-23-30-55(82)62(83)57-37-49(44(11)93-57)47-26-20-27-48(47)50-38-58(94-45(50)12)67(88)79-60(42(9)15-2)68(89)75-52(29-22-32-73)63(84)78-59/h17-19,24-25,37-43,51-56,59-61H,14-16,20-23,26-36,72-73H2,1-13H3,(H,74,86)(H,75,89)(H,76,87)(H,77,90)(H,78,84)(H,79,88)(H,80,85)/t41-,42-,43-,51-,52-,53-,54+,55+,56-,59-,60-,61-/m0/s1. The molecule has 21 nitrogen and oxygen atoms in total. The van der Waals surface area contributed by atoms with Crippen molar-refractivity contribution in [3.05, 3.63) is 78.7 Å². The minimum atomic E-state index is -1.27. The number of carbonyl (C=O) groups is 10. The molecule has 1 saturated heterocycles. The van der Waals surface area contributed by atoms with Gasteiger partial charge in [0, 0.05) is 29.8 Å². The van der Waals surface area contributed by atoms with E-state index in [-0.39, 0.29) is 74.6 Å². The first kappa shape index (κ1) is 76.2. The van der Waals surface area contributed by atoms with E-state index in [2.05, 4.69) is 37.2 Å². The van der Waals surface area contributed by atoms with Gasteiger partial charge in [-0.3, -0.25) is 47.9 Å². The molecule has 4 heterocycles. The van der Waals surface area contributed by atoms with Crippen LogP contribution in [0.3, 0.4) is 0 Å². The summed E-state index contributed by atoms with van der Waals surface area (Å²) < 4.78 is 0. The Balaban J connectivity index is 1.45. The summed E-state index contributed by atoms with van der Waals surface area (Å²) in [7, 11) is 1.48. The Morgan fingerprint density at radius 1 is 0.532 bits per heavy atom. The molecule has 2 aromatic heterocycles. The molecule has 0 spiro atoms. The number of hydrogen-bond acceptors (Lipinski definition) is 14. The second-order valence-electron chi connectivity index (χ2n) is 27.1. The predicted octanol–water partition coefficient (Wildman–Crippen LogP) is 7.49. The second kappa shape index (κ2) is 35.8. The highest BCUT2D eigenvalue weighted by atomic mass is 32.1. The number of aryl methyl sites for hydroxylation is 2. The van der Waals surface area contributed by atoms with Crippen LogP contribution in [0.4, 0.5) is 0 Å². The number of Topliss-reactive ketones (excluding diaryl/α,β-unsaturated/α-hetero) is 1. The summed E-state index contributed by atoms with van der Waals surface area (Å²) in [6.07, 6.45) is 5.92. The Kier molecular flexibility index (Phi) is 29.0. The number of nitrogens with zero attached hydrogens (tertiary/aromatic N) is 2. The zero-order valence-electron chi connectivity index (χ0n) is 57.8. The Bertz CT molecular complexity index is 3180. The maximum absolute atomic E-state index is 15.2. The summed E-state index contributed by atoms with van der Waals surface area (Å²) in [5.74, 6) is -7.06. The van der Waals surface area contributed by atoms with Crippen LogP contribution >= 0.6 is 22.7 Å². The maximum atomic E-state index is 15.2. The van der Waals surface area contributed by atoms with Crippen LogP contribution in [0.5, 0.6) is 0 Å². The Morgan fingerprint density at radius 2 is 1.00 bits per heavy atom. The maximum Gasteiger partial charge on any atom is 0.262 e. The molecular formula is C71H107N11O10S2. The molecule has 1 fully saturated rings. The van der Waals surface area contributed by atoms with Crippen molar-refractivity contribution >= 4 is 92.8 Å². The van der Waals surface area contributed by atoms with Crippen LogP contribution in [0.1, 0.15) is 205 Å². The van der Waals surface area contributed by atoms with Crippen molar-refractivity contribution in [3.8, 4) is 0 Å². The van der Waals surface area contributed by atoms with Gasteiger partial charge in [0.05, 0.1) is 15.8 Å². The quantitative estimate of drug-likeness (QED) is 0.0598. The van der Waals surface area contributed by atoms with Crippen molar-refractivity contribution < 1.29 is 47.9 Å². The molecule has 2 aliphatic heterocycles. The molecule has 0 radical (unpaired) electrons. The first-order valence-electron chi connectivity index (χ1n) is 34.3. The fraction of sp³-hybridized carbons (Fsp3) is 0.634. The van der Waals surface area contributed by atoms with Crippen molar-refractivity contribution in [3.63, 3.8) is 0 Å². The lowest BCUT2D eigenvalue weighted by Crippen LogP contribution is -2.62. The van der Waals surface area contributed by atoms with Gasteiger partial charge in [0.15, 0.2) is 5.78 Å². The van der Waals surface area contributed by atoms with Gasteiger partial charge in [-0.15, -0.1) is 22.7 Å². The Labute approximate surface area is 565 Å². The molecule has 11 N–H and O–H groups in total. The molecule has 518 valence electrons. The van der Waals surface area contributed by atoms with E-state index in [0.29, 0.717) is 66.8 Å². The molecule has 3 aromatic rings. The summed E-state index contributed by atoms with van der Waals surface area (Å²) in [6, 6.07) is 2.71. The van der Waals surface area contributed by atoms with Gasteiger partial charge in [-0.25, -0.2) is 0 Å². The average Bonchev–Trinajstić information content (AvgIpc) is 1.63. The van der Waals surface area contributed by atoms with Gasteiger partial charge in [-0.1, -0.05) is 119 Å². The number of carbonyl (C=O) groups excluding carboxylic acids is 10. The van der Waals surface area contributed by atoms with E-state index < -0.39 is 113 Å². The predicted molar refractivity (Wildman–Crippen MR) is 371 cm³/mol. The topological polar surface area (TPSA) is 313 Å². The Morgan fingerprint density at radius 3 is 1.53 bits per heavy atom. The van der Waals surface area contributed by atoms with E-state index in [0.717, 1.165) is 51.3 Å². The lowest BCUT2D eigenvalue weighted by atomic mass is 9.95. The number of nitrogens with two attached hydrogens (primary N) is 2. The molecule has 4 bridgehead atoms. The van der Waals surface area contributed by atoms with Crippen molar-refractivity contribution in [1.82, 2.24) is 47.0 Å². The second-order valence-corrected chi connectivity index (χ2v) is 29.6. The highest BCUT2D eigenvalue weighted by molar-refractivity contribution is 7.14. The number of rotatable bonds is 18. The van der Waals surface area contributed by atoms with E-state index >= 15 is 9.59 Å². The fourth-order valence-electron chi connectivity index (χ4n) is 12.9. The van der Waals surface area contributed by atoms with Crippen LogP contribution in [0.15, 0.2) is 42.5 Å². The number of nitrogens with one attached hydrogen (secondary N) is 7. The third kappa shape index (κ3) is 19.7. The highest BCUT2D eigenvalue weighted by Crippen LogP contribution is 2.45. The number of likely N-dealkylation sites (N-methyl/N-ethyl adjacent to an activating group) is 1. The molecule has 3 aliphatic rings. The lowest BCUT2D eigenvalue weighted by molar-refractivity contribution is -0.143. The van der Waals surface area contributed by atoms with E-state index in [1.165, 1.54) is 34.6 Å². The van der Waals surface area contributed by atoms with Crippen LogP contribution in [-0.2, 0) is 44.8 Å². The van der Waals surface area contributed by atoms with Gasteiger partial charge in [0.2, 0.25) is 47.3 Å². The van der Waals surface area contributed by atoms with Gasteiger partial charge in [-0.2, -0.15) is 0 Å². The molecule has 6 rings (SSSR count). The van der Waals surface area contributed by atoms with E-state index in [1.54, 1.807) is 24.0 Å². The Hall–Kier alpha value is -6.82. The molecule has 1 aromatic carbocycles. The number of hydrogen-bond donors (Lipinski definition) is 9. The minimum Gasteiger partial charge on any atom is -0.343 e. The molecular weight excluding hydrogens is 1230 g/mol. The highest BCUT2D eigenvalue weighted by Gasteiger charge is 2.43. The zero-order chi connectivity index (χ0) is 69.2. The number of allylic oxidation sites excluding steroid dienone is 2. The van der Waals surface area contributed by atoms with Gasteiger partial charge >= 0.3 is 0 Å². The first-order chi connectivity index (χ1) is 44.7. The van der Waals surface area contributed by atoms with Crippen molar-refractivity contribution in [2.45, 2.75) is 234 Å². The van der Waals surface area contributed by atoms with Crippen molar-refractivity contribution in [2.24, 2.45) is 41.1 Å². The molecule has 12 atom stereocenters. The van der Waals surface area contributed by atoms with Crippen LogP contribution in [0.2, 0.25) is 0 Å². The molecule has 0 saturated carbocycles. The van der Waals surface area contributed by atoms with Crippen LogP contribution in [0.25, 0.3) is 11.1 Å². The fourth-order valence-corrected chi connectivity index (χ4v) is 14.9. The minimum absolute atomic E-state index is 0.00361. The summed E-state index contributed by atoms with van der Waals surface area (Å²) in [6.45, 7) is 23.4. The molecule has 1 aliphatic carbocycles. The number of ketones is 1. The number of fused-ring (bicyclic) bond motifs is 7. The summed E-state index contributed by atoms with van der Waals surface area (Å²) in [5.41, 5.74) is 16.7. The monoisotopic (exact) mass is 1340 g/mol. The molecule has 94 heavy (non-hydrogen) atoms. The number of benzene rings is 1. The smallest absolute Gasteiger partial charge is 0.262 e. The normalized spacial score (nSPS) is 25.1. The summed E-state index contributed by atoms with van der Waals surface area (Å²) in [4.78, 5) is 154. The third-order valence-electron chi connectivity index (χ3n) is 19.1. The van der Waals surface area contributed by atoms with Crippen LogP contribution < -0.4 is 48.7 Å². The molecule has 23 heteroatoms. The average molecular weight is 1340 g/mol. The van der Waals surface area contributed by atoms with Crippen molar-refractivity contribution in [2.75, 3.05) is 26.7 Å². The SMILES string of the molecule is CC[C@H](C)[C@@H]1NC(=O)c2cc(c(C)s2)C2=C(CCC2)c2cc(sc2C)C(=O)[C@H]2CCCN2C(=O)[C@H]([C@@H](C)CC)NC(=O)[C@H](CCCN)NC(=O)[C@H](CC(C)C)NC(=O)[C@H](CC(C)C)N(C)C(=O)[C@@H](Cc2ccccc2)NC(=O)[C@H]([C@@H](C)CC)NC(=O)[C@H](CCCN)NC1=O. The number of amides is 9. The summed E-state index contributed by atoms with van der Waals surface area (Å²) >= 11 is 2.70. The van der Waals surface area contributed by atoms with E-state index in [1.807, 2.05) is 106 Å². The lowest BCUT2D eigenvalue weighted by Gasteiger charge is -2.34. The van der Waals surface area contributed by atoms with Gasteiger partial charge in [0.1, 0.15) is 48.3 Å². The molecule has 0 unspecified atom stereocenters. The first-order valence-corrected chi connectivity index (χ1v) is 35.9. The van der Waals surface area contributed by atoms with Gasteiger partial charge in [0.25, 0.3) is 5.91 Å². The van der Waals surface area contributed by atoms with Crippen LogP contribution in [0, 0.1) is 43.4 Å². The van der Waals surface area contributed by atoms with Gasteiger partial charge < -0.3 is 58.5 Å². The molecule has 9 amide bonds. The van der Waals surface area contributed by atoms with E-state index in [4.69, 9.17) is 11.5 Å². The van der Waals surface area contributed by atoms with Crippen molar-refractivity contribution in [1.29, 1.82) is 0 Å². The van der Waals surface area contributed by atoms with Crippen LogP contribution in [-0.4, -0.2) is 150 Å². The number of thiophene rings is 2.